The van der Waals surface area contributed by atoms with Crippen molar-refractivity contribution in [2.45, 2.75) is 64.6 Å². The van der Waals surface area contributed by atoms with Gasteiger partial charge in [0, 0.05) is 19.6 Å². The number of carbonyl (C=O) groups is 1. The number of piperidine rings is 1. The van der Waals surface area contributed by atoms with Gasteiger partial charge < -0.3 is 15.4 Å². The van der Waals surface area contributed by atoms with Crippen LogP contribution in [0.1, 0.15) is 52.4 Å². The molecule has 4 nitrogen and oxygen atoms in total. The second-order valence-corrected chi connectivity index (χ2v) is 6.48. The molecular formula is C15H28N2O2. The summed E-state index contributed by atoms with van der Waals surface area (Å²) < 4.78 is 5.74. The number of ether oxygens (including phenoxy) is 1. The predicted octanol–water partition coefficient (Wildman–Crippen LogP) is 1.92. The van der Waals surface area contributed by atoms with E-state index in [9.17, 15) is 4.79 Å². The lowest BCUT2D eigenvalue weighted by molar-refractivity contribution is -0.146. The summed E-state index contributed by atoms with van der Waals surface area (Å²) >= 11 is 0. The first kappa shape index (κ1) is 14.8. The monoisotopic (exact) mass is 268 g/mol. The smallest absolute Gasteiger partial charge is 0.251 e. The Morgan fingerprint density at radius 1 is 1.47 bits per heavy atom. The van der Waals surface area contributed by atoms with Crippen molar-refractivity contribution in [2.75, 3.05) is 19.6 Å². The Morgan fingerprint density at radius 2 is 2.26 bits per heavy atom. The summed E-state index contributed by atoms with van der Waals surface area (Å²) in [5.74, 6) is 0.193. The van der Waals surface area contributed by atoms with Crippen molar-refractivity contribution in [2.24, 2.45) is 11.1 Å². The zero-order valence-corrected chi connectivity index (χ0v) is 12.4. The third-order valence-corrected chi connectivity index (χ3v) is 4.59. The van der Waals surface area contributed by atoms with Gasteiger partial charge >= 0.3 is 0 Å². The van der Waals surface area contributed by atoms with Gasteiger partial charge in [0.25, 0.3) is 5.91 Å². The van der Waals surface area contributed by atoms with Crippen LogP contribution in [0.4, 0.5) is 0 Å². The van der Waals surface area contributed by atoms with Crippen LogP contribution in [0.3, 0.4) is 0 Å². The lowest BCUT2D eigenvalue weighted by Gasteiger charge is -2.41. The summed E-state index contributed by atoms with van der Waals surface area (Å²) in [5.41, 5.74) is 5.91. The molecule has 1 unspecified atom stereocenters. The van der Waals surface area contributed by atoms with Gasteiger partial charge in [-0.1, -0.05) is 20.3 Å². The van der Waals surface area contributed by atoms with Crippen molar-refractivity contribution in [3.05, 3.63) is 0 Å². The van der Waals surface area contributed by atoms with Crippen LogP contribution in [-0.4, -0.2) is 42.6 Å². The molecule has 0 aromatic rings. The molecule has 0 bridgehead atoms. The summed E-state index contributed by atoms with van der Waals surface area (Å²) in [6.07, 6.45) is 6.35. The molecule has 19 heavy (non-hydrogen) atoms. The minimum absolute atomic E-state index is 0.0840. The molecule has 110 valence electrons. The number of hydrogen-bond acceptors (Lipinski definition) is 3. The Hall–Kier alpha value is -0.610. The van der Waals surface area contributed by atoms with E-state index in [0.29, 0.717) is 12.0 Å². The van der Waals surface area contributed by atoms with Gasteiger partial charge in [0.2, 0.25) is 0 Å². The molecule has 0 spiro atoms. The molecule has 1 amide bonds. The number of carbonyl (C=O) groups excluding carboxylic acids is 1. The Morgan fingerprint density at radius 3 is 2.89 bits per heavy atom. The van der Waals surface area contributed by atoms with Crippen molar-refractivity contribution in [1.82, 2.24) is 4.90 Å². The van der Waals surface area contributed by atoms with Crippen molar-refractivity contribution >= 4 is 5.91 Å². The number of nitrogens with zero attached hydrogens (tertiary/aromatic N) is 1. The summed E-state index contributed by atoms with van der Waals surface area (Å²) in [7, 11) is 0. The first-order chi connectivity index (χ1) is 9.08. The van der Waals surface area contributed by atoms with E-state index in [1.165, 1.54) is 19.3 Å². The average Bonchev–Trinajstić information content (AvgIpc) is 2.86. The SMILES string of the molecule is CCCC1(C)CCCN(C(=O)[C@@H]2CC[C@H](CN)O2)C1. The van der Waals surface area contributed by atoms with Crippen LogP contribution in [0, 0.1) is 5.41 Å². The van der Waals surface area contributed by atoms with Gasteiger partial charge in [-0.25, -0.2) is 0 Å². The largest absolute Gasteiger partial charge is 0.364 e. The van der Waals surface area contributed by atoms with Gasteiger partial charge in [0.05, 0.1) is 6.10 Å². The Balaban J connectivity index is 1.92. The number of hydrogen-bond donors (Lipinski definition) is 1. The highest BCUT2D eigenvalue weighted by Gasteiger charge is 2.37. The van der Waals surface area contributed by atoms with E-state index in [1.807, 2.05) is 4.90 Å². The minimum Gasteiger partial charge on any atom is -0.364 e. The molecule has 0 aromatic heterocycles. The fourth-order valence-electron chi connectivity index (χ4n) is 3.58. The van der Waals surface area contributed by atoms with Gasteiger partial charge in [-0.3, -0.25) is 4.79 Å². The molecule has 2 aliphatic rings. The number of rotatable bonds is 4. The number of likely N-dealkylation sites (tertiary alicyclic amines) is 1. The zero-order chi connectivity index (χ0) is 13.9. The number of nitrogens with two attached hydrogens (primary N) is 1. The highest BCUT2D eigenvalue weighted by molar-refractivity contribution is 5.81. The van der Waals surface area contributed by atoms with Crippen molar-refractivity contribution in [3.63, 3.8) is 0 Å². The summed E-state index contributed by atoms with van der Waals surface area (Å²) in [6, 6.07) is 0. The highest BCUT2D eigenvalue weighted by Crippen LogP contribution is 2.35. The minimum atomic E-state index is -0.238. The van der Waals surface area contributed by atoms with Crippen LogP contribution in [0.15, 0.2) is 0 Å². The molecule has 2 heterocycles. The van der Waals surface area contributed by atoms with Crippen molar-refractivity contribution < 1.29 is 9.53 Å². The van der Waals surface area contributed by atoms with E-state index in [-0.39, 0.29) is 18.1 Å². The second-order valence-electron chi connectivity index (χ2n) is 6.48. The molecule has 0 radical (unpaired) electrons. The maximum atomic E-state index is 12.5. The van der Waals surface area contributed by atoms with Crippen LogP contribution in [0.25, 0.3) is 0 Å². The first-order valence-corrected chi connectivity index (χ1v) is 7.72. The Kier molecular flexibility index (Phi) is 4.85. The van der Waals surface area contributed by atoms with Crippen molar-refractivity contribution in [1.29, 1.82) is 0 Å². The van der Waals surface area contributed by atoms with Gasteiger partial charge in [-0.05, 0) is 37.5 Å². The van der Waals surface area contributed by atoms with Gasteiger partial charge in [-0.15, -0.1) is 0 Å². The normalized spacial score (nSPS) is 35.6. The quantitative estimate of drug-likeness (QED) is 0.847. The Labute approximate surface area is 116 Å². The van der Waals surface area contributed by atoms with Crippen LogP contribution in [-0.2, 0) is 9.53 Å². The van der Waals surface area contributed by atoms with E-state index >= 15 is 0 Å². The van der Waals surface area contributed by atoms with Crippen LogP contribution in [0.2, 0.25) is 0 Å². The molecule has 3 atom stereocenters. The van der Waals surface area contributed by atoms with E-state index in [2.05, 4.69) is 13.8 Å². The van der Waals surface area contributed by atoms with E-state index < -0.39 is 0 Å². The summed E-state index contributed by atoms with van der Waals surface area (Å²) in [6.45, 7) is 6.85. The molecule has 4 heteroatoms. The third kappa shape index (κ3) is 3.48. The van der Waals surface area contributed by atoms with Gasteiger partial charge in [0.15, 0.2) is 0 Å². The highest BCUT2D eigenvalue weighted by atomic mass is 16.5. The molecule has 2 fully saturated rings. The molecule has 2 saturated heterocycles. The van der Waals surface area contributed by atoms with E-state index in [1.54, 1.807) is 0 Å². The fourth-order valence-corrected chi connectivity index (χ4v) is 3.58. The fraction of sp³-hybridized carbons (Fsp3) is 0.933. The molecule has 2 N–H and O–H groups in total. The average molecular weight is 268 g/mol. The maximum Gasteiger partial charge on any atom is 0.251 e. The van der Waals surface area contributed by atoms with E-state index in [0.717, 1.165) is 32.4 Å². The van der Waals surface area contributed by atoms with Crippen LogP contribution in [0.5, 0.6) is 0 Å². The zero-order valence-electron chi connectivity index (χ0n) is 12.4. The topological polar surface area (TPSA) is 55.6 Å². The molecule has 2 aliphatic heterocycles. The van der Waals surface area contributed by atoms with E-state index in [4.69, 9.17) is 10.5 Å². The van der Waals surface area contributed by atoms with Gasteiger partial charge in [0.1, 0.15) is 6.10 Å². The lowest BCUT2D eigenvalue weighted by Crippen LogP contribution is -2.48. The van der Waals surface area contributed by atoms with Crippen LogP contribution < -0.4 is 5.73 Å². The molecular weight excluding hydrogens is 240 g/mol. The van der Waals surface area contributed by atoms with Crippen molar-refractivity contribution in [3.8, 4) is 0 Å². The predicted molar refractivity (Wildman–Crippen MR) is 75.8 cm³/mol. The third-order valence-electron chi connectivity index (χ3n) is 4.59. The molecule has 0 aliphatic carbocycles. The second kappa shape index (κ2) is 6.23. The first-order valence-electron chi connectivity index (χ1n) is 7.72. The summed E-state index contributed by atoms with van der Waals surface area (Å²) in [4.78, 5) is 14.5. The molecule has 2 rings (SSSR count). The van der Waals surface area contributed by atoms with Crippen LogP contribution >= 0.6 is 0 Å². The maximum absolute atomic E-state index is 12.5. The Bertz CT molecular complexity index is 317. The lowest BCUT2D eigenvalue weighted by atomic mass is 9.78. The molecule has 0 saturated carbocycles. The van der Waals surface area contributed by atoms with Gasteiger partial charge in [-0.2, -0.15) is 0 Å². The molecule has 0 aromatic carbocycles. The number of amides is 1. The summed E-state index contributed by atoms with van der Waals surface area (Å²) in [5, 5.41) is 0. The standard InChI is InChI=1S/C15H28N2O2/c1-3-7-15(2)8-4-9-17(11-15)14(18)13-6-5-12(10-16)19-13/h12-13H,3-11,16H2,1-2H3/t12-,13+,15?/m1/s1.